The number of nitrogens with one attached hydrogen (secondary N) is 2. The van der Waals surface area contributed by atoms with Gasteiger partial charge in [0.2, 0.25) is 5.91 Å². The summed E-state index contributed by atoms with van der Waals surface area (Å²) in [5.41, 5.74) is 1.69. The van der Waals surface area contributed by atoms with Crippen molar-refractivity contribution < 1.29 is 4.79 Å². The number of carbonyl (C=O) groups is 1. The van der Waals surface area contributed by atoms with Gasteiger partial charge in [-0.05, 0) is 55.5 Å². The first-order valence-electron chi connectivity index (χ1n) is 8.81. The molecule has 0 spiro atoms. The van der Waals surface area contributed by atoms with Gasteiger partial charge in [0.25, 0.3) is 0 Å². The van der Waals surface area contributed by atoms with Gasteiger partial charge >= 0.3 is 0 Å². The van der Waals surface area contributed by atoms with Gasteiger partial charge in [-0.25, -0.2) is 9.97 Å². The highest BCUT2D eigenvalue weighted by atomic mass is 32.2. The number of amides is 1. The van der Waals surface area contributed by atoms with E-state index in [-0.39, 0.29) is 11.7 Å². The Bertz CT molecular complexity index is 958. The molecule has 0 unspecified atom stereocenters. The van der Waals surface area contributed by atoms with Crippen molar-refractivity contribution in [2.45, 2.75) is 28.9 Å². The van der Waals surface area contributed by atoms with Crippen molar-refractivity contribution >= 4 is 51.8 Å². The molecule has 2 aromatic carbocycles. The third kappa shape index (κ3) is 4.73. The first kappa shape index (κ1) is 18.1. The van der Waals surface area contributed by atoms with E-state index in [9.17, 15) is 4.79 Å². The van der Waals surface area contributed by atoms with Crippen molar-refractivity contribution in [3.05, 3.63) is 48.5 Å². The number of rotatable bonds is 7. The monoisotopic (exact) mass is 396 g/mol. The zero-order valence-electron chi connectivity index (χ0n) is 14.9. The number of hydrogen-bond donors (Lipinski definition) is 2. The Morgan fingerprint density at radius 1 is 1.11 bits per heavy atom. The zero-order valence-corrected chi connectivity index (χ0v) is 16.6. The topological polar surface area (TPSA) is 66.9 Å². The molecule has 1 saturated carbocycles. The van der Waals surface area contributed by atoms with Crippen LogP contribution in [0.15, 0.2) is 58.6 Å². The summed E-state index contributed by atoms with van der Waals surface area (Å²) < 4.78 is 0. The second-order valence-corrected chi connectivity index (χ2v) is 8.18. The first-order valence-corrected chi connectivity index (χ1v) is 11.0. The van der Waals surface area contributed by atoms with Crippen LogP contribution in [0.2, 0.25) is 0 Å². The quantitative estimate of drug-likeness (QED) is 0.447. The zero-order chi connectivity index (χ0) is 18.6. The largest absolute Gasteiger partial charge is 0.367 e. The molecule has 0 saturated heterocycles. The molecular weight excluding hydrogens is 376 g/mol. The molecule has 2 N–H and O–H groups in total. The Balaban J connectivity index is 1.43. The fourth-order valence-corrected chi connectivity index (χ4v) is 3.71. The highest BCUT2D eigenvalue weighted by Crippen LogP contribution is 2.29. The fraction of sp³-hybridized carbons (Fsp3) is 0.250. The number of anilines is 2. The maximum Gasteiger partial charge on any atom is 0.234 e. The Morgan fingerprint density at radius 2 is 1.89 bits per heavy atom. The summed E-state index contributed by atoms with van der Waals surface area (Å²) in [6.45, 7) is 0. The maximum absolute atomic E-state index is 12.3. The van der Waals surface area contributed by atoms with Crippen LogP contribution >= 0.6 is 23.5 Å². The van der Waals surface area contributed by atoms with Crippen LogP contribution in [0.1, 0.15) is 12.8 Å². The Kier molecular flexibility index (Phi) is 5.50. The van der Waals surface area contributed by atoms with Gasteiger partial charge in [-0.3, -0.25) is 4.79 Å². The SMILES string of the molecule is CSc1ccc(NC(=O)CSc2nc(NC3CC3)c3ccccc3n2)cc1. The highest BCUT2D eigenvalue weighted by Gasteiger charge is 2.22. The fourth-order valence-electron chi connectivity index (χ4n) is 2.65. The van der Waals surface area contributed by atoms with E-state index >= 15 is 0 Å². The van der Waals surface area contributed by atoms with Gasteiger partial charge in [0, 0.05) is 22.0 Å². The van der Waals surface area contributed by atoms with E-state index in [1.165, 1.54) is 29.5 Å². The lowest BCUT2D eigenvalue weighted by molar-refractivity contribution is -0.113. The van der Waals surface area contributed by atoms with Crippen molar-refractivity contribution in [1.29, 1.82) is 0 Å². The van der Waals surface area contributed by atoms with E-state index in [1.807, 2.05) is 54.8 Å². The van der Waals surface area contributed by atoms with Crippen molar-refractivity contribution in [3.8, 4) is 0 Å². The van der Waals surface area contributed by atoms with E-state index in [2.05, 4.69) is 20.6 Å². The van der Waals surface area contributed by atoms with Crippen LogP contribution in [0.25, 0.3) is 10.9 Å². The van der Waals surface area contributed by atoms with Crippen LogP contribution in [0.5, 0.6) is 0 Å². The van der Waals surface area contributed by atoms with Crippen LogP contribution in [0.3, 0.4) is 0 Å². The molecule has 1 aromatic heterocycles. The molecule has 3 aromatic rings. The molecule has 1 aliphatic carbocycles. The van der Waals surface area contributed by atoms with E-state index in [4.69, 9.17) is 0 Å². The summed E-state index contributed by atoms with van der Waals surface area (Å²) in [5.74, 6) is 1.06. The Hall–Kier alpha value is -2.25. The van der Waals surface area contributed by atoms with E-state index < -0.39 is 0 Å². The third-order valence-electron chi connectivity index (χ3n) is 4.21. The standard InChI is InChI=1S/C20H20N4OS2/c1-26-15-10-8-13(9-11-15)21-18(25)12-27-20-23-17-5-3-2-4-16(17)19(24-20)22-14-6-7-14/h2-5,8-11,14H,6-7,12H2,1H3,(H,21,25)(H,22,23,24). The predicted molar refractivity (Wildman–Crippen MR) is 114 cm³/mol. The van der Waals surface area contributed by atoms with Gasteiger partial charge in [0.05, 0.1) is 11.3 Å². The predicted octanol–water partition coefficient (Wildman–Crippen LogP) is 4.66. The van der Waals surface area contributed by atoms with Crippen LogP contribution in [-0.4, -0.2) is 33.9 Å². The third-order valence-corrected chi connectivity index (χ3v) is 5.80. The number of aromatic nitrogens is 2. The summed E-state index contributed by atoms with van der Waals surface area (Å²) >= 11 is 3.03. The van der Waals surface area contributed by atoms with Crippen molar-refractivity contribution in [3.63, 3.8) is 0 Å². The van der Waals surface area contributed by atoms with Gasteiger partial charge in [0.1, 0.15) is 5.82 Å². The van der Waals surface area contributed by atoms with Crippen molar-refractivity contribution in [2.75, 3.05) is 22.6 Å². The summed E-state index contributed by atoms with van der Waals surface area (Å²) in [7, 11) is 0. The average molecular weight is 397 g/mol. The van der Waals surface area contributed by atoms with Crippen LogP contribution in [0, 0.1) is 0 Å². The minimum atomic E-state index is -0.0645. The summed E-state index contributed by atoms with van der Waals surface area (Å²) in [5, 5.41) is 8.02. The Labute approximate surface area is 166 Å². The second-order valence-electron chi connectivity index (χ2n) is 6.36. The lowest BCUT2D eigenvalue weighted by Gasteiger charge is -2.10. The lowest BCUT2D eigenvalue weighted by atomic mass is 10.2. The smallest absolute Gasteiger partial charge is 0.234 e. The average Bonchev–Trinajstić information content (AvgIpc) is 3.51. The Morgan fingerprint density at radius 3 is 2.63 bits per heavy atom. The molecule has 0 radical (unpaired) electrons. The van der Waals surface area contributed by atoms with Crippen molar-refractivity contribution in [1.82, 2.24) is 9.97 Å². The van der Waals surface area contributed by atoms with E-state index in [0.29, 0.717) is 11.2 Å². The molecule has 4 rings (SSSR count). The number of hydrogen-bond acceptors (Lipinski definition) is 6. The molecule has 0 bridgehead atoms. The molecule has 1 aliphatic rings. The number of carbonyl (C=O) groups excluding carboxylic acids is 1. The molecule has 1 fully saturated rings. The van der Waals surface area contributed by atoms with Gasteiger partial charge in [-0.15, -0.1) is 11.8 Å². The molecule has 0 atom stereocenters. The van der Waals surface area contributed by atoms with Crippen LogP contribution < -0.4 is 10.6 Å². The number of fused-ring (bicyclic) bond motifs is 1. The second kappa shape index (κ2) is 8.19. The molecule has 27 heavy (non-hydrogen) atoms. The normalized spacial score (nSPS) is 13.5. The number of thioether (sulfide) groups is 2. The first-order chi connectivity index (χ1) is 13.2. The van der Waals surface area contributed by atoms with Gasteiger partial charge in [-0.2, -0.15) is 0 Å². The van der Waals surface area contributed by atoms with Gasteiger partial charge in [0.15, 0.2) is 5.16 Å². The summed E-state index contributed by atoms with van der Waals surface area (Å²) in [6.07, 6.45) is 4.39. The van der Waals surface area contributed by atoms with Crippen LogP contribution in [-0.2, 0) is 4.79 Å². The number of para-hydroxylation sites is 1. The molecule has 1 amide bonds. The summed E-state index contributed by atoms with van der Waals surface area (Å²) in [6, 6.07) is 16.3. The maximum atomic E-state index is 12.3. The molecule has 138 valence electrons. The molecular formula is C20H20N4OS2. The molecule has 1 heterocycles. The number of benzene rings is 2. The molecule has 5 nitrogen and oxygen atoms in total. The van der Waals surface area contributed by atoms with Gasteiger partial charge in [-0.1, -0.05) is 23.9 Å². The summed E-state index contributed by atoms with van der Waals surface area (Å²) in [4.78, 5) is 22.7. The molecule has 7 heteroatoms. The van der Waals surface area contributed by atoms with Crippen LogP contribution in [0.4, 0.5) is 11.5 Å². The molecule has 0 aliphatic heterocycles. The lowest BCUT2D eigenvalue weighted by Crippen LogP contribution is -2.14. The van der Waals surface area contributed by atoms with Gasteiger partial charge < -0.3 is 10.6 Å². The van der Waals surface area contributed by atoms with E-state index in [1.54, 1.807) is 11.8 Å². The minimum Gasteiger partial charge on any atom is -0.367 e. The highest BCUT2D eigenvalue weighted by molar-refractivity contribution is 7.99. The van der Waals surface area contributed by atoms with Crippen molar-refractivity contribution in [2.24, 2.45) is 0 Å². The minimum absolute atomic E-state index is 0.0645. The van der Waals surface area contributed by atoms with E-state index in [0.717, 1.165) is 22.4 Å². The number of nitrogens with zero attached hydrogens (tertiary/aromatic N) is 2.